The van der Waals surface area contributed by atoms with Gasteiger partial charge in [-0.3, -0.25) is 4.90 Å². The van der Waals surface area contributed by atoms with Crippen LogP contribution in [0.25, 0.3) is 0 Å². The molecule has 0 amide bonds. The van der Waals surface area contributed by atoms with E-state index in [1.807, 2.05) is 0 Å². The van der Waals surface area contributed by atoms with E-state index in [-0.39, 0.29) is 5.54 Å². The summed E-state index contributed by atoms with van der Waals surface area (Å²) in [6, 6.07) is 0.615. The number of hydrogen-bond acceptors (Lipinski definition) is 2. The quantitative estimate of drug-likeness (QED) is 0.781. The predicted octanol–water partition coefficient (Wildman–Crippen LogP) is 3.01. The van der Waals surface area contributed by atoms with Gasteiger partial charge in [0.05, 0.1) is 0 Å². The Labute approximate surface area is 102 Å². The molecule has 2 heteroatoms. The van der Waals surface area contributed by atoms with Crippen molar-refractivity contribution in [2.24, 2.45) is 11.7 Å². The molecule has 0 heterocycles. The van der Waals surface area contributed by atoms with Gasteiger partial charge < -0.3 is 5.73 Å². The lowest BCUT2D eigenvalue weighted by molar-refractivity contribution is -0.00905. The van der Waals surface area contributed by atoms with Crippen LogP contribution in [-0.2, 0) is 0 Å². The normalized spacial score (nSPS) is 31.3. The second-order valence-electron chi connectivity index (χ2n) is 5.74. The van der Waals surface area contributed by atoms with E-state index in [0.717, 1.165) is 12.5 Å². The van der Waals surface area contributed by atoms with Crippen molar-refractivity contribution in [2.75, 3.05) is 13.1 Å². The van der Waals surface area contributed by atoms with Gasteiger partial charge in [0, 0.05) is 18.1 Å². The third-order valence-corrected chi connectivity index (χ3v) is 4.43. The summed E-state index contributed by atoms with van der Waals surface area (Å²) in [5.41, 5.74) is 6.44. The Morgan fingerprint density at radius 1 is 1.38 bits per heavy atom. The van der Waals surface area contributed by atoms with E-state index >= 15 is 0 Å². The lowest BCUT2D eigenvalue weighted by atomic mass is 9.72. The zero-order valence-electron chi connectivity index (χ0n) is 11.6. The van der Waals surface area contributed by atoms with Crippen molar-refractivity contribution in [1.82, 2.24) is 4.90 Å². The Hall–Kier alpha value is -0.0800. The van der Waals surface area contributed by atoms with Crippen molar-refractivity contribution in [3.8, 4) is 0 Å². The van der Waals surface area contributed by atoms with Crippen molar-refractivity contribution in [3.63, 3.8) is 0 Å². The summed E-state index contributed by atoms with van der Waals surface area (Å²) in [4.78, 5) is 2.68. The zero-order chi connectivity index (χ0) is 12.2. The predicted molar refractivity (Wildman–Crippen MR) is 71.6 cm³/mol. The Morgan fingerprint density at radius 3 is 2.50 bits per heavy atom. The monoisotopic (exact) mass is 226 g/mol. The molecule has 1 rings (SSSR count). The summed E-state index contributed by atoms with van der Waals surface area (Å²) in [5.74, 6) is 0.750. The first-order valence-corrected chi connectivity index (χ1v) is 7.05. The van der Waals surface area contributed by atoms with Crippen LogP contribution in [0.4, 0.5) is 0 Å². The summed E-state index contributed by atoms with van der Waals surface area (Å²) in [7, 11) is 0. The van der Waals surface area contributed by atoms with Crippen LogP contribution in [0.2, 0.25) is 0 Å². The SMILES string of the molecule is CCCN(C(C)C)C1(CN)CCCCC1C. The third kappa shape index (κ3) is 2.60. The molecule has 0 saturated heterocycles. The number of hydrogen-bond donors (Lipinski definition) is 1. The van der Waals surface area contributed by atoms with Gasteiger partial charge in [0.15, 0.2) is 0 Å². The number of rotatable bonds is 5. The fourth-order valence-electron chi connectivity index (χ4n) is 3.48. The van der Waals surface area contributed by atoms with E-state index < -0.39 is 0 Å². The van der Waals surface area contributed by atoms with Crippen LogP contribution in [0, 0.1) is 5.92 Å². The lowest BCUT2D eigenvalue weighted by Gasteiger charge is -2.52. The molecule has 96 valence electrons. The topological polar surface area (TPSA) is 29.3 Å². The van der Waals surface area contributed by atoms with Crippen LogP contribution < -0.4 is 5.73 Å². The molecule has 1 aliphatic carbocycles. The molecule has 0 bridgehead atoms. The summed E-state index contributed by atoms with van der Waals surface area (Å²) < 4.78 is 0. The molecule has 1 fully saturated rings. The fourth-order valence-corrected chi connectivity index (χ4v) is 3.48. The molecule has 0 aromatic heterocycles. The molecule has 0 aromatic carbocycles. The highest BCUT2D eigenvalue weighted by molar-refractivity contribution is 4.99. The molecule has 16 heavy (non-hydrogen) atoms. The lowest BCUT2D eigenvalue weighted by Crippen LogP contribution is -2.61. The van der Waals surface area contributed by atoms with Crippen LogP contribution in [0.1, 0.15) is 59.8 Å². The minimum Gasteiger partial charge on any atom is -0.329 e. The van der Waals surface area contributed by atoms with Crippen molar-refractivity contribution in [2.45, 2.75) is 71.4 Å². The van der Waals surface area contributed by atoms with Gasteiger partial charge >= 0.3 is 0 Å². The smallest absolute Gasteiger partial charge is 0.0359 e. The molecule has 2 atom stereocenters. The van der Waals surface area contributed by atoms with E-state index in [1.165, 1.54) is 38.6 Å². The van der Waals surface area contributed by atoms with E-state index in [9.17, 15) is 0 Å². The van der Waals surface area contributed by atoms with Crippen molar-refractivity contribution in [3.05, 3.63) is 0 Å². The van der Waals surface area contributed by atoms with Gasteiger partial charge in [0.1, 0.15) is 0 Å². The maximum atomic E-state index is 6.16. The summed E-state index contributed by atoms with van der Waals surface area (Å²) >= 11 is 0. The molecule has 0 radical (unpaired) electrons. The Balaban J connectivity index is 2.89. The first kappa shape index (κ1) is 14.0. The number of nitrogens with zero attached hydrogens (tertiary/aromatic N) is 1. The van der Waals surface area contributed by atoms with Gasteiger partial charge in [-0.05, 0) is 45.6 Å². The summed E-state index contributed by atoms with van der Waals surface area (Å²) in [6.07, 6.45) is 6.62. The minimum atomic E-state index is 0.280. The molecule has 0 aromatic rings. The highest BCUT2D eigenvalue weighted by Gasteiger charge is 2.42. The zero-order valence-corrected chi connectivity index (χ0v) is 11.6. The third-order valence-electron chi connectivity index (χ3n) is 4.43. The molecular weight excluding hydrogens is 196 g/mol. The molecule has 2 N–H and O–H groups in total. The molecular formula is C14H30N2. The average molecular weight is 226 g/mol. The average Bonchev–Trinajstić information content (AvgIpc) is 2.27. The summed E-state index contributed by atoms with van der Waals surface area (Å²) in [6.45, 7) is 11.3. The molecule has 0 aliphatic heterocycles. The second-order valence-corrected chi connectivity index (χ2v) is 5.74. The van der Waals surface area contributed by atoms with Crippen molar-refractivity contribution in [1.29, 1.82) is 0 Å². The van der Waals surface area contributed by atoms with Crippen LogP contribution in [0.15, 0.2) is 0 Å². The first-order chi connectivity index (χ1) is 7.58. The van der Waals surface area contributed by atoms with Crippen molar-refractivity contribution >= 4 is 0 Å². The molecule has 0 spiro atoms. The molecule has 1 aliphatic rings. The van der Waals surface area contributed by atoms with Crippen LogP contribution in [0.5, 0.6) is 0 Å². The Kier molecular flexibility index (Phi) is 5.26. The maximum absolute atomic E-state index is 6.16. The van der Waals surface area contributed by atoms with Crippen LogP contribution in [0.3, 0.4) is 0 Å². The van der Waals surface area contributed by atoms with Gasteiger partial charge in [-0.2, -0.15) is 0 Å². The van der Waals surface area contributed by atoms with Crippen molar-refractivity contribution < 1.29 is 0 Å². The maximum Gasteiger partial charge on any atom is 0.0359 e. The fraction of sp³-hybridized carbons (Fsp3) is 1.00. The van der Waals surface area contributed by atoms with Gasteiger partial charge in [-0.15, -0.1) is 0 Å². The Bertz CT molecular complexity index is 203. The van der Waals surface area contributed by atoms with Gasteiger partial charge in [0.2, 0.25) is 0 Å². The Morgan fingerprint density at radius 2 is 2.06 bits per heavy atom. The summed E-state index contributed by atoms with van der Waals surface area (Å²) in [5, 5.41) is 0. The van der Waals surface area contributed by atoms with Gasteiger partial charge in [-0.1, -0.05) is 26.7 Å². The highest BCUT2D eigenvalue weighted by Crippen LogP contribution is 2.38. The minimum absolute atomic E-state index is 0.280. The van der Waals surface area contributed by atoms with Gasteiger partial charge in [0.25, 0.3) is 0 Å². The second kappa shape index (κ2) is 6.02. The van der Waals surface area contributed by atoms with Crippen LogP contribution >= 0.6 is 0 Å². The first-order valence-electron chi connectivity index (χ1n) is 7.05. The van der Waals surface area contributed by atoms with Crippen LogP contribution in [-0.4, -0.2) is 29.6 Å². The van der Waals surface area contributed by atoms with E-state index in [2.05, 4.69) is 32.6 Å². The largest absolute Gasteiger partial charge is 0.329 e. The highest BCUT2D eigenvalue weighted by atomic mass is 15.2. The molecule has 1 saturated carbocycles. The van der Waals surface area contributed by atoms with E-state index in [0.29, 0.717) is 6.04 Å². The molecule has 2 unspecified atom stereocenters. The standard InChI is InChI=1S/C14H30N2/c1-5-10-16(12(2)3)14(11-15)9-7-6-8-13(14)4/h12-13H,5-11,15H2,1-4H3. The van der Waals surface area contributed by atoms with E-state index in [4.69, 9.17) is 5.73 Å². The van der Waals surface area contributed by atoms with Gasteiger partial charge in [-0.25, -0.2) is 0 Å². The molecule has 2 nitrogen and oxygen atoms in total. The number of nitrogens with two attached hydrogens (primary N) is 1. The van der Waals surface area contributed by atoms with E-state index in [1.54, 1.807) is 0 Å².